The fraction of sp³-hybridized carbons (Fsp3) is 0.226. The van der Waals surface area contributed by atoms with E-state index in [1.807, 2.05) is 27.7 Å². The molecule has 1 saturated heterocycles. The second-order valence-electron chi connectivity index (χ2n) is 10.5. The van der Waals surface area contributed by atoms with Gasteiger partial charge >= 0.3 is 6.03 Å². The van der Waals surface area contributed by atoms with Gasteiger partial charge in [-0.25, -0.2) is 18.6 Å². The molecule has 0 radical (unpaired) electrons. The van der Waals surface area contributed by atoms with Crippen molar-refractivity contribution in [1.29, 1.82) is 0 Å². The Kier molecular flexibility index (Phi) is 8.44. The van der Waals surface area contributed by atoms with Crippen LogP contribution < -0.4 is 15.5 Å². The molecular formula is C31H29F2N9O3. The molecule has 1 aliphatic rings. The molecular weight excluding hydrogens is 584 g/mol. The van der Waals surface area contributed by atoms with Gasteiger partial charge in [0, 0.05) is 50.9 Å². The minimum Gasteiger partial charge on any atom is -0.368 e. The van der Waals surface area contributed by atoms with Gasteiger partial charge in [0.25, 0.3) is 5.69 Å². The Balaban J connectivity index is 1.21. The minimum absolute atomic E-state index is 0.0133. The number of anilines is 3. The second kappa shape index (κ2) is 12.9. The monoisotopic (exact) mass is 613 g/mol. The van der Waals surface area contributed by atoms with Crippen LogP contribution in [0.5, 0.6) is 0 Å². The Hall–Kier alpha value is -5.66. The molecule has 2 N–H and O–H groups in total. The van der Waals surface area contributed by atoms with E-state index in [4.69, 9.17) is 9.97 Å². The van der Waals surface area contributed by atoms with Crippen LogP contribution in [-0.4, -0.2) is 68.1 Å². The molecule has 1 fully saturated rings. The van der Waals surface area contributed by atoms with E-state index >= 15 is 0 Å². The van der Waals surface area contributed by atoms with E-state index in [1.165, 1.54) is 23.8 Å². The van der Waals surface area contributed by atoms with Crippen molar-refractivity contribution in [2.45, 2.75) is 13.0 Å². The van der Waals surface area contributed by atoms with E-state index in [2.05, 4.69) is 27.8 Å². The number of non-ortho nitro benzene ring substituents is 1. The number of fused-ring (bicyclic) bond motifs is 1. The third kappa shape index (κ3) is 6.79. The maximum Gasteiger partial charge on any atom is 0.322 e. The number of rotatable bonds is 9. The van der Waals surface area contributed by atoms with Gasteiger partial charge in [-0.15, -0.1) is 0 Å². The maximum atomic E-state index is 14.1. The lowest BCUT2D eigenvalue weighted by Crippen LogP contribution is -2.50. The molecule has 2 amide bonds. The van der Waals surface area contributed by atoms with Crippen LogP contribution in [0.15, 0.2) is 79.1 Å². The van der Waals surface area contributed by atoms with Crippen molar-refractivity contribution in [2.24, 2.45) is 0 Å². The van der Waals surface area contributed by atoms with Gasteiger partial charge in [-0.3, -0.25) is 10.1 Å². The van der Waals surface area contributed by atoms with Gasteiger partial charge in [0.1, 0.15) is 11.6 Å². The number of imidazole rings is 1. The molecule has 2 aromatic heterocycles. The number of urea groups is 1. The van der Waals surface area contributed by atoms with Crippen molar-refractivity contribution >= 4 is 40.3 Å². The first-order valence-corrected chi connectivity index (χ1v) is 14.3. The van der Waals surface area contributed by atoms with E-state index in [0.717, 1.165) is 24.1 Å². The molecule has 0 aliphatic carbocycles. The lowest BCUT2D eigenvalue weighted by molar-refractivity contribution is -0.384. The lowest BCUT2D eigenvalue weighted by atomic mass is 10.1. The molecule has 0 bridgehead atoms. The highest BCUT2D eigenvalue weighted by molar-refractivity contribution is 5.89. The highest BCUT2D eigenvalue weighted by atomic mass is 19.1. The maximum absolute atomic E-state index is 14.1. The Morgan fingerprint density at radius 2 is 1.69 bits per heavy atom. The van der Waals surface area contributed by atoms with Crippen molar-refractivity contribution in [3.63, 3.8) is 0 Å². The van der Waals surface area contributed by atoms with Crippen LogP contribution in [0.1, 0.15) is 11.1 Å². The first-order chi connectivity index (χ1) is 21.8. The van der Waals surface area contributed by atoms with E-state index in [-0.39, 0.29) is 11.4 Å². The summed E-state index contributed by atoms with van der Waals surface area (Å²) in [6.07, 6.45) is 2.44. The fourth-order valence-electron chi connectivity index (χ4n) is 5.10. The van der Waals surface area contributed by atoms with Crippen LogP contribution in [0.2, 0.25) is 0 Å². The SMILES string of the molecule is O=C(Nc1ccc(F)cc1F)N1CCN(c2nc(NCCc3ccccc3)c3ncn(Cc4ccc([N+](=O)[O-])cc4)c3n2)CC1. The second-order valence-corrected chi connectivity index (χ2v) is 10.5. The van der Waals surface area contributed by atoms with Gasteiger partial charge in [-0.1, -0.05) is 42.5 Å². The zero-order chi connectivity index (χ0) is 31.3. The van der Waals surface area contributed by atoms with Crippen molar-refractivity contribution in [3.8, 4) is 0 Å². The first kappa shape index (κ1) is 29.4. The van der Waals surface area contributed by atoms with Crippen molar-refractivity contribution < 1.29 is 18.5 Å². The molecule has 6 rings (SSSR count). The molecule has 45 heavy (non-hydrogen) atoms. The van der Waals surface area contributed by atoms with Crippen LogP contribution >= 0.6 is 0 Å². The van der Waals surface area contributed by atoms with E-state index in [0.29, 0.717) is 62.2 Å². The number of carbonyl (C=O) groups is 1. The third-order valence-corrected chi connectivity index (χ3v) is 7.52. The number of hydrogen-bond acceptors (Lipinski definition) is 8. The molecule has 230 valence electrons. The summed E-state index contributed by atoms with van der Waals surface area (Å²) >= 11 is 0. The number of aromatic nitrogens is 4. The van der Waals surface area contributed by atoms with Crippen LogP contribution in [0, 0.1) is 21.7 Å². The topological polar surface area (TPSA) is 134 Å². The fourth-order valence-corrected chi connectivity index (χ4v) is 5.10. The average molecular weight is 614 g/mol. The molecule has 3 heterocycles. The normalized spacial score (nSPS) is 13.2. The number of piperazine rings is 1. The van der Waals surface area contributed by atoms with Gasteiger partial charge in [0.15, 0.2) is 17.0 Å². The van der Waals surface area contributed by atoms with Gasteiger partial charge in [-0.05, 0) is 29.7 Å². The Bertz CT molecular complexity index is 1830. The molecule has 3 aromatic carbocycles. The van der Waals surface area contributed by atoms with Gasteiger partial charge in [0.2, 0.25) is 5.95 Å². The number of halogens is 2. The smallest absolute Gasteiger partial charge is 0.322 e. The molecule has 0 spiro atoms. The quantitative estimate of drug-likeness (QED) is 0.174. The highest BCUT2D eigenvalue weighted by Crippen LogP contribution is 2.25. The molecule has 0 atom stereocenters. The first-order valence-electron chi connectivity index (χ1n) is 14.3. The highest BCUT2D eigenvalue weighted by Gasteiger charge is 2.25. The number of benzene rings is 3. The van der Waals surface area contributed by atoms with Crippen LogP contribution in [0.4, 0.5) is 36.7 Å². The van der Waals surface area contributed by atoms with E-state index < -0.39 is 22.6 Å². The van der Waals surface area contributed by atoms with Crippen molar-refractivity contribution in [1.82, 2.24) is 24.4 Å². The summed E-state index contributed by atoms with van der Waals surface area (Å²) in [4.78, 5) is 41.2. The van der Waals surface area contributed by atoms with Crippen molar-refractivity contribution in [2.75, 3.05) is 48.3 Å². The summed E-state index contributed by atoms with van der Waals surface area (Å²) < 4.78 is 29.2. The van der Waals surface area contributed by atoms with E-state index in [9.17, 15) is 23.7 Å². The summed E-state index contributed by atoms with van der Waals surface area (Å²) in [6, 6.07) is 18.9. The van der Waals surface area contributed by atoms with Crippen LogP contribution in [0.25, 0.3) is 11.2 Å². The number of nitro benzene ring substituents is 1. The Morgan fingerprint density at radius 1 is 0.933 bits per heavy atom. The summed E-state index contributed by atoms with van der Waals surface area (Å²) in [6.45, 7) is 2.50. The minimum atomic E-state index is -0.846. The summed E-state index contributed by atoms with van der Waals surface area (Å²) in [5.74, 6) is -0.541. The molecule has 1 aliphatic heterocycles. The van der Waals surface area contributed by atoms with Crippen LogP contribution in [-0.2, 0) is 13.0 Å². The average Bonchev–Trinajstić information content (AvgIpc) is 3.45. The number of nitro groups is 1. The third-order valence-electron chi connectivity index (χ3n) is 7.52. The predicted molar refractivity (Wildman–Crippen MR) is 165 cm³/mol. The Labute approximate surface area is 256 Å². The molecule has 14 heteroatoms. The van der Waals surface area contributed by atoms with Gasteiger partial charge in [-0.2, -0.15) is 9.97 Å². The number of amides is 2. The van der Waals surface area contributed by atoms with Crippen molar-refractivity contribution in [3.05, 3.63) is 112 Å². The Morgan fingerprint density at radius 3 is 2.40 bits per heavy atom. The van der Waals surface area contributed by atoms with E-state index in [1.54, 1.807) is 23.4 Å². The summed E-state index contributed by atoms with van der Waals surface area (Å²) in [5.41, 5.74) is 3.12. The number of nitrogens with one attached hydrogen (secondary N) is 2. The summed E-state index contributed by atoms with van der Waals surface area (Å²) in [5, 5.41) is 17.0. The zero-order valence-corrected chi connectivity index (χ0v) is 24.1. The molecule has 0 saturated carbocycles. The largest absolute Gasteiger partial charge is 0.368 e. The molecule has 0 unspecified atom stereocenters. The number of hydrogen-bond donors (Lipinski definition) is 2. The predicted octanol–water partition coefficient (Wildman–Crippen LogP) is 5.07. The number of carbonyl (C=O) groups excluding carboxylic acids is 1. The van der Waals surface area contributed by atoms with Crippen LogP contribution in [0.3, 0.4) is 0 Å². The number of nitrogens with zero attached hydrogens (tertiary/aromatic N) is 7. The van der Waals surface area contributed by atoms with Gasteiger partial charge in [0.05, 0.1) is 23.5 Å². The molecule has 5 aromatic rings. The standard InChI is InChI=1S/C31H29F2N9O3/c32-23-8-11-26(25(33)18-23)36-31(43)40-16-14-39(15-17-40)30-37-28(34-13-12-21-4-2-1-3-5-21)27-29(38-30)41(20-35-27)19-22-6-9-24(10-7-22)42(44)45/h1-11,18,20H,12-17,19H2,(H,36,43)(H,34,37,38). The van der Waals surface area contributed by atoms with Gasteiger partial charge < -0.3 is 25.0 Å². The summed E-state index contributed by atoms with van der Waals surface area (Å²) in [7, 11) is 0. The lowest BCUT2D eigenvalue weighted by Gasteiger charge is -2.34. The zero-order valence-electron chi connectivity index (χ0n) is 24.1. The molecule has 12 nitrogen and oxygen atoms in total.